The molecular weight excluding hydrogens is 249 g/mol. The molecule has 0 bridgehead atoms. The molecule has 0 fully saturated rings. The lowest BCUT2D eigenvalue weighted by atomic mass is 10.1. The molecule has 0 amide bonds. The molecular formula is C9H6F5NO2. The van der Waals surface area contributed by atoms with E-state index in [1.54, 1.807) is 0 Å². The highest BCUT2D eigenvalue weighted by Crippen LogP contribution is 2.38. The van der Waals surface area contributed by atoms with E-state index in [4.69, 9.17) is 0 Å². The number of nitro benzene ring substituents is 1. The van der Waals surface area contributed by atoms with Gasteiger partial charge >= 0.3 is 12.1 Å². The lowest BCUT2D eigenvalue weighted by Crippen LogP contribution is -2.38. The molecule has 1 aromatic carbocycles. The summed E-state index contributed by atoms with van der Waals surface area (Å²) >= 11 is 0. The molecule has 0 aliphatic rings. The average Bonchev–Trinajstić information content (AvgIpc) is 2.16. The van der Waals surface area contributed by atoms with E-state index < -0.39 is 23.4 Å². The third-order valence-corrected chi connectivity index (χ3v) is 1.99. The normalized spacial score (nSPS) is 12.5. The topological polar surface area (TPSA) is 43.1 Å². The van der Waals surface area contributed by atoms with Crippen molar-refractivity contribution in [2.24, 2.45) is 0 Å². The van der Waals surface area contributed by atoms with Gasteiger partial charge in [-0.3, -0.25) is 10.1 Å². The van der Waals surface area contributed by atoms with E-state index in [9.17, 15) is 32.1 Å². The quantitative estimate of drug-likeness (QED) is 0.472. The molecule has 0 unspecified atom stereocenters. The van der Waals surface area contributed by atoms with Crippen molar-refractivity contribution in [1.29, 1.82) is 0 Å². The summed E-state index contributed by atoms with van der Waals surface area (Å²) in [6, 6.07) is 3.50. The third kappa shape index (κ3) is 3.11. The second-order valence-corrected chi connectivity index (χ2v) is 3.30. The van der Waals surface area contributed by atoms with Crippen molar-refractivity contribution in [2.45, 2.75) is 18.5 Å². The standard InChI is InChI=1S/C9H6F5NO2/c10-8(11,9(12,13)14)5-6-1-3-7(4-2-6)15(16)17/h1-4H,5H2. The number of benzene rings is 1. The van der Waals surface area contributed by atoms with Crippen molar-refractivity contribution in [3.05, 3.63) is 39.9 Å². The van der Waals surface area contributed by atoms with Gasteiger partial charge in [0.1, 0.15) is 0 Å². The number of halogens is 5. The summed E-state index contributed by atoms with van der Waals surface area (Å²) in [6.45, 7) is 0. The maximum atomic E-state index is 12.6. The molecule has 17 heavy (non-hydrogen) atoms. The number of hydrogen-bond acceptors (Lipinski definition) is 2. The Balaban J connectivity index is 2.86. The highest BCUT2D eigenvalue weighted by Gasteiger charge is 2.57. The molecule has 0 N–H and O–H groups in total. The van der Waals surface area contributed by atoms with Crippen LogP contribution in [-0.4, -0.2) is 17.0 Å². The summed E-state index contributed by atoms with van der Waals surface area (Å²) in [5.74, 6) is -4.84. The van der Waals surface area contributed by atoms with Gasteiger partial charge < -0.3 is 0 Å². The Bertz CT molecular complexity index is 412. The largest absolute Gasteiger partial charge is 0.453 e. The van der Waals surface area contributed by atoms with Crippen molar-refractivity contribution in [1.82, 2.24) is 0 Å². The molecule has 1 rings (SSSR count). The van der Waals surface area contributed by atoms with Crippen LogP contribution in [-0.2, 0) is 6.42 Å². The van der Waals surface area contributed by atoms with E-state index in [1.165, 1.54) is 0 Å². The first-order valence-electron chi connectivity index (χ1n) is 4.31. The van der Waals surface area contributed by atoms with Crippen molar-refractivity contribution in [3.63, 3.8) is 0 Å². The predicted molar refractivity (Wildman–Crippen MR) is 47.8 cm³/mol. The van der Waals surface area contributed by atoms with Crippen molar-refractivity contribution in [2.75, 3.05) is 0 Å². The highest BCUT2D eigenvalue weighted by atomic mass is 19.4. The van der Waals surface area contributed by atoms with Gasteiger partial charge in [-0.25, -0.2) is 0 Å². The van der Waals surface area contributed by atoms with E-state index in [2.05, 4.69) is 0 Å². The molecule has 1 aromatic rings. The first kappa shape index (κ1) is 13.3. The van der Waals surface area contributed by atoms with Crippen LogP contribution >= 0.6 is 0 Å². The zero-order valence-electron chi connectivity index (χ0n) is 8.17. The number of hydrogen-bond donors (Lipinski definition) is 0. The zero-order valence-corrected chi connectivity index (χ0v) is 8.17. The van der Waals surface area contributed by atoms with Crippen molar-refractivity contribution < 1.29 is 26.9 Å². The Kier molecular flexibility index (Phi) is 3.35. The van der Waals surface area contributed by atoms with E-state index >= 15 is 0 Å². The number of alkyl halides is 5. The van der Waals surface area contributed by atoms with Crippen LogP contribution in [0.2, 0.25) is 0 Å². The summed E-state index contributed by atoms with van der Waals surface area (Å²) in [5, 5.41) is 10.2. The van der Waals surface area contributed by atoms with Gasteiger partial charge in [-0.1, -0.05) is 12.1 Å². The maximum absolute atomic E-state index is 12.6. The molecule has 0 aromatic heterocycles. The molecule has 0 heterocycles. The predicted octanol–water partition coefficient (Wildman–Crippen LogP) is 3.33. The van der Waals surface area contributed by atoms with Crippen LogP contribution in [0.4, 0.5) is 27.6 Å². The van der Waals surface area contributed by atoms with Gasteiger partial charge in [-0.05, 0) is 5.56 Å². The average molecular weight is 255 g/mol. The summed E-state index contributed by atoms with van der Waals surface area (Å²) in [7, 11) is 0. The lowest BCUT2D eigenvalue weighted by Gasteiger charge is -2.19. The van der Waals surface area contributed by atoms with Gasteiger partial charge in [-0.15, -0.1) is 0 Å². The van der Waals surface area contributed by atoms with Crippen LogP contribution in [0.1, 0.15) is 5.56 Å². The van der Waals surface area contributed by atoms with E-state index in [1.807, 2.05) is 0 Å². The summed E-state index contributed by atoms with van der Waals surface area (Å²) in [6.07, 6.45) is -7.16. The SMILES string of the molecule is O=[N+]([O-])c1ccc(CC(F)(F)C(F)(F)F)cc1. The first-order chi connectivity index (χ1) is 7.63. The van der Waals surface area contributed by atoms with Crippen LogP contribution in [0.15, 0.2) is 24.3 Å². The second kappa shape index (κ2) is 4.27. The van der Waals surface area contributed by atoms with E-state index in [-0.39, 0.29) is 11.3 Å². The Morgan fingerprint density at radius 1 is 1.06 bits per heavy atom. The Labute approximate surface area is 92.0 Å². The van der Waals surface area contributed by atoms with E-state index in [0.29, 0.717) is 0 Å². The summed E-state index contributed by atoms with van der Waals surface area (Å²) in [4.78, 5) is 9.46. The first-order valence-corrected chi connectivity index (χ1v) is 4.31. The zero-order chi connectivity index (χ0) is 13.3. The molecule has 0 atom stereocenters. The highest BCUT2D eigenvalue weighted by molar-refractivity contribution is 5.33. The van der Waals surface area contributed by atoms with Gasteiger partial charge in [0, 0.05) is 18.6 Å². The van der Waals surface area contributed by atoms with Gasteiger partial charge in [0.2, 0.25) is 0 Å². The van der Waals surface area contributed by atoms with Crippen molar-refractivity contribution >= 4 is 5.69 Å². The van der Waals surface area contributed by atoms with E-state index in [0.717, 1.165) is 24.3 Å². The Morgan fingerprint density at radius 2 is 1.53 bits per heavy atom. The molecule has 0 aliphatic heterocycles. The minimum Gasteiger partial charge on any atom is -0.258 e. The molecule has 0 spiro atoms. The fourth-order valence-corrected chi connectivity index (χ4v) is 1.09. The monoisotopic (exact) mass is 255 g/mol. The second-order valence-electron chi connectivity index (χ2n) is 3.30. The molecule has 0 saturated carbocycles. The molecule has 94 valence electrons. The Morgan fingerprint density at radius 3 is 1.88 bits per heavy atom. The molecule has 0 radical (unpaired) electrons. The molecule has 0 saturated heterocycles. The number of nitro groups is 1. The summed E-state index contributed by atoms with van der Waals surface area (Å²) < 4.78 is 60.8. The third-order valence-electron chi connectivity index (χ3n) is 1.99. The van der Waals surface area contributed by atoms with Crippen LogP contribution in [0.5, 0.6) is 0 Å². The summed E-state index contributed by atoms with van der Waals surface area (Å²) in [5.41, 5.74) is -0.693. The van der Waals surface area contributed by atoms with Crippen molar-refractivity contribution in [3.8, 4) is 0 Å². The van der Waals surface area contributed by atoms with Crippen LogP contribution in [0.3, 0.4) is 0 Å². The number of non-ortho nitro benzene ring substituents is 1. The van der Waals surface area contributed by atoms with Gasteiger partial charge in [-0.2, -0.15) is 22.0 Å². The fraction of sp³-hybridized carbons (Fsp3) is 0.333. The minimum absolute atomic E-state index is 0.321. The molecule has 3 nitrogen and oxygen atoms in total. The van der Waals surface area contributed by atoms with Gasteiger partial charge in [0.15, 0.2) is 0 Å². The van der Waals surface area contributed by atoms with Crippen LogP contribution in [0, 0.1) is 10.1 Å². The fourth-order valence-electron chi connectivity index (χ4n) is 1.09. The minimum atomic E-state index is -5.63. The van der Waals surface area contributed by atoms with Crippen LogP contribution in [0.25, 0.3) is 0 Å². The van der Waals surface area contributed by atoms with Gasteiger partial charge in [0.05, 0.1) is 4.92 Å². The number of nitrogens with zero attached hydrogens (tertiary/aromatic N) is 1. The molecule has 8 heteroatoms. The molecule has 0 aliphatic carbocycles. The number of rotatable bonds is 3. The maximum Gasteiger partial charge on any atom is 0.453 e. The van der Waals surface area contributed by atoms with Gasteiger partial charge in [0.25, 0.3) is 5.69 Å². The lowest BCUT2D eigenvalue weighted by molar-refractivity contribution is -0.384. The Hall–Kier alpha value is -1.73. The smallest absolute Gasteiger partial charge is 0.258 e. The van der Waals surface area contributed by atoms with Crippen LogP contribution < -0.4 is 0 Å².